The molecule has 4 aromatic rings. The molecular formula is C42H43N3O8. The molecule has 4 aromatic carbocycles. The van der Waals surface area contributed by atoms with Crippen molar-refractivity contribution in [2.45, 2.75) is 63.8 Å². The molecule has 11 heteroatoms. The topological polar surface area (TPSA) is 141 Å². The first-order valence-electron chi connectivity index (χ1n) is 17.3. The van der Waals surface area contributed by atoms with Gasteiger partial charge in [0.05, 0.1) is 6.54 Å². The van der Waals surface area contributed by atoms with Gasteiger partial charge in [-0.05, 0) is 65.8 Å². The molecule has 0 aromatic heterocycles. The van der Waals surface area contributed by atoms with E-state index in [1.54, 1.807) is 24.3 Å². The predicted octanol–water partition coefficient (Wildman–Crippen LogP) is 8.09. The van der Waals surface area contributed by atoms with Gasteiger partial charge in [-0.1, -0.05) is 113 Å². The molecule has 0 heterocycles. The van der Waals surface area contributed by atoms with Crippen LogP contribution in [0.15, 0.2) is 119 Å². The highest BCUT2D eigenvalue weighted by Crippen LogP contribution is 2.33. The molecule has 0 spiro atoms. The minimum atomic E-state index is -1.16. The quantitative estimate of drug-likeness (QED) is 0.0490. The molecule has 0 radical (unpaired) electrons. The first kappa shape index (κ1) is 39.6. The van der Waals surface area contributed by atoms with Gasteiger partial charge in [-0.25, -0.2) is 33.9 Å². The molecule has 0 aliphatic rings. The molecule has 0 aliphatic heterocycles. The third-order valence-corrected chi connectivity index (χ3v) is 9.10. The van der Waals surface area contributed by atoms with Crippen molar-refractivity contribution < 1.29 is 38.2 Å². The number of hydrogen-bond acceptors (Lipinski definition) is 10. The SMILES string of the molecule is CC(C)(c1ccccc1)c1ccc(OC(=O)N(CCCCC(N=C=O)C(=O)OCCN=C=O)C(=O)Oc2ccc(C(C)(C)c3ccccc3)cc2)cc1. The van der Waals surface area contributed by atoms with Crippen LogP contribution in [0.4, 0.5) is 9.59 Å². The fraction of sp³-hybridized carbons (Fsp3) is 0.310. The maximum atomic E-state index is 13.5. The Morgan fingerprint density at radius 3 is 1.53 bits per heavy atom. The van der Waals surface area contributed by atoms with E-state index in [2.05, 4.69) is 61.9 Å². The first-order valence-corrected chi connectivity index (χ1v) is 17.3. The number of aliphatic imine (C=N–C) groups is 2. The van der Waals surface area contributed by atoms with Crippen LogP contribution < -0.4 is 9.47 Å². The summed E-state index contributed by atoms with van der Waals surface area (Å²) in [6.07, 6.45) is 1.35. The summed E-state index contributed by atoms with van der Waals surface area (Å²) >= 11 is 0. The Hall–Kier alpha value is -6.15. The summed E-state index contributed by atoms with van der Waals surface area (Å²) in [6.45, 7) is 8.02. The number of amides is 2. The second-order valence-corrected chi connectivity index (χ2v) is 13.3. The Bertz CT molecular complexity index is 1810. The third kappa shape index (κ3) is 10.9. The Labute approximate surface area is 309 Å². The van der Waals surface area contributed by atoms with E-state index in [4.69, 9.17) is 14.2 Å². The van der Waals surface area contributed by atoms with Gasteiger partial charge >= 0.3 is 18.2 Å². The van der Waals surface area contributed by atoms with E-state index in [0.29, 0.717) is 0 Å². The van der Waals surface area contributed by atoms with Crippen molar-refractivity contribution in [1.29, 1.82) is 0 Å². The van der Waals surface area contributed by atoms with Gasteiger partial charge in [0.2, 0.25) is 12.2 Å². The van der Waals surface area contributed by atoms with Gasteiger partial charge in [0.1, 0.15) is 18.1 Å². The van der Waals surface area contributed by atoms with Crippen molar-refractivity contribution in [2.24, 2.45) is 9.98 Å². The molecule has 53 heavy (non-hydrogen) atoms. The number of unbranched alkanes of at least 4 members (excludes halogenated alkanes) is 1. The molecule has 2 amide bonds. The third-order valence-electron chi connectivity index (χ3n) is 9.10. The van der Waals surface area contributed by atoms with E-state index < -0.39 is 24.2 Å². The number of ether oxygens (including phenoxy) is 3. The number of isocyanates is 2. The summed E-state index contributed by atoms with van der Waals surface area (Å²) in [5, 5.41) is 0. The van der Waals surface area contributed by atoms with Crippen LogP contribution in [-0.4, -0.2) is 61.0 Å². The predicted molar refractivity (Wildman–Crippen MR) is 198 cm³/mol. The van der Waals surface area contributed by atoms with Crippen LogP contribution in [-0.2, 0) is 30.0 Å². The summed E-state index contributed by atoms with van der Waals surface area (Å²) in [4.78, 5) is 68.3. The molecule has 0 N–H and O–H groups in total. The Balaban J connectivity index is 1.47. The van der Waals surface area contributed by atoms with Crippen molar-refractivity contribution in [3.63, 3.8) is 0 Å². The maximum absolute atomic E-state index is 13.5. The van der Waals surface area contributed by atoms with Gasteiger partial charge < -0.3 is 14.2 Å². The molecule has 0 saturated carbocycles. The minimum Gasteiger partial charge on any atom is -0.462 e. The lowest BCUT2D eigenvalue weighted by Crippen LogP contribution is -2.41. The molecule has 1 atom stereocenters. The number of rotatable bonds is 16. The second-order valence-electron chi connectivity index (χ2n) is 13.3. The average Bonchev–Trinajstić information content (AvgIpc) is 3.17. The van der Waals surface area contributed by atoms with Crippen molar-refractivity contribution in [2.75, 3.05) is 19.7 Å². The number of esters is 1. The minimum absolute atomic E-state index is 0.0697. The summed E-state index contributed by atoms with van der Waals surface area (Å²) in [7, 11) is 0. The molecule has 0 aliphatic carbocycles. The van der Waals surface area contributed by atoms with Gasteiger partial charge in [-0.3, -0.25) is 0 Å². The number of imide groups is 1. The number of hydrogen-bond donors (Lipinski definition) is 0. The number of carbonyl (C=O) groups is 3. The highest BCUT2D eigenvalue weighted by Gasteiger charge is 2.28. The highest BCUT2D eigenvalue weighted by atomic mass is 16.6. The number of carbonyl (C=O) groups excluding carboxylic acids is 5. The Morgan fingerprint density at radius 1 is 0.642 bits per heavy atom. The van der Waals surface area contributed by atoms with E-state index in [0.717, 1.165) is 27.2 Å². The standard InChI is InChI=1S/C42H43N3O8/c1-41(2,31-13-7-5-8-14-31)33-18-22-35(23-19-33)52-39(49)45(27-12-11-17-37(44-30-47)38(48)51-28-26-43-29-46)40(50)53-36-24-20-34(21-25-36)42(3,4)32-15-9-6-10-16-32/h5-10,13-16,18-25,37H,11-12,17,26-28H2,1-4H3. The van der Waals surface area contributed by atoms with E-state index in [9.17, 15) is 24.0 Å². The van der Waals surface area contributed by atoms with Crippen LogP contribution >= 0.6 is 0 Å². The largest absolute Gasteiger partial charge is 0.462 e. The molecular weight excluding hydrogens is 674 g/mol. The number of benzene rings is 4. The average molecular weight is 718 g/mol. The zero-order valence-corrected chi connectivity index (χ0v) is 30.3. The molecule has 4 rings (SSSR count). The van der Waals surface area contributed by atoms with Crippen LogP contribution in [0.3, 0.4) is 0 Å². The molecule has 11 nitrogen and oxygen atoms in total. The van der Waals surface area contributed by atoms with Gasteiger partial charge in [0, 0.05) is 17.4 Å². The molecule has 0 fully saturated rings. The maximum Gasteiger partial charge on any atom is 0.424 e. The van der Waals surface area contributed by atoms with E-state index in [-0.39, 0.29) is 61.3 Å². The highest BCUT2D eigenvalue weighted by molar-refractivity contribution is 5.89. The van der Waals surface area contributed by atoms with E-state index >= 15 is 0 Å². The van der Waals surface area contributed by atoms with E-state index in [1.165, 1.54) is 12.2 Å². The van der Waals surface area contributed by atoms with Crippen molar-refractivity contribution in [3.05, 3.63) is 131 Å². The zero-order chi connectivity index (χ0) is 38.3. The Kier molecular flexibility index (Phi) is 14.1. The second kappa shape index (κ2) is 18.9. The molecule has 1 unspecified atom stereocenters. The summed E-state index contributed by atoms with van der Waals surface area (Å²) in [5.41, 5.74) is 3.62. The number of nitrogens with zero attached hydrogens (tertiary/aromatic N) is 3. The van der Waals surface area contributed by atoms with Gasteiger partial charge in [0.15, 0.2) is 6.04 Å². The Morgan fingerprint density at radius 2 is 1.09 bits per heavy atom. The van der Waals surface area contributed by atoms with Crippen molar-refractivity contribution in [1.82, 2.24) is 4.90 Å². The van der Waals surface area contributed by atoms with E-state index in [1.807, 2.05) is 60.7 Å². The lowest BCUT2D eigenvalue weighted by atomic mass is 9.78. The van der Waals surface area contributed by atoms with Crippen molar-refractivity contribution >= 4 is 30.3 Å². The molecule has 0 bridgehead atoms. The van der Waals surface area contributed by atoms with Gasteiger partial charge in [-0.2, -0.15) is 4.99 Å². The van der Waals surface area contributed by atoms with Gasteiger partial charge in [0.25, 0.3) is 0 Å². The first-order chi connectivity index (χ1) is 25.5. The van der Waals surface area contributed by atoms with Crippen molar-refractivity contribution in [3.8, 4) is 11.5 Å². The van der Waals surface area contributed by atoms with Crippen LogP contribution in [0.2, 0.25) is 0 Å². The summed E-state index contributed by atoms with van der Waals surface area (Å²) in [5.74, 6) is -0.326. The monoisotopic (exact) mass is 717 g/mol. The van der Waals surface area contributed by atoms with Crippen LogP contribution in [0.1, 0.15) is 69.2 Å². The smallest absolute Gasteiger partial charge is 0.424 e. The normalized spacial score (nSPS) is 11.6. The van der Waals surface area contributed by atoms with Crippen LogP contribution in [0.25, 0.3) is 0 Å². The van der Waals surface area contributed by atoms with Crippen LogP contribution in [0.5, 0.6) is 11.5 Å². The van der Waals surface area contributed by atoms with Crippen LogP contribution in [0, 0.1) is 0 Å². The molecule has 0 saturated heterocycles. The summed E-state index contributed by atoms with van der Waals surface area (Å²) in [6, 6.07) is 33.1. The fourth-order valence-corrected chi connectivity index (χ4v) is 5.73. The fourth-order valence-electron chi connectivity index (χ4n) is 5.73. The molecule has 274 valence electrons. The zero-order valence-electron chi connectivity index (χ0n) is 30.3. The lowest BCUT2D eigenvalue weighted by Gasteiger charge is -2.26. The van der Waals surface area contributed by atoms with Gasteiger partial charge in [-0.15, -0.1) is 0 Å². The lowest BCUT2D eigenvalue weighted by molar-refractivity contribution is -0.145. The summed E-state index contributed by atoms with van der Waals surface area (Å²) < 4.78 is 16.3.